The van der Waals surface area contributed by atoms with Crippen LogP contribution in [0.3, 0.4) is 0 Å². The van der Waals surface area contributed by atoms with E-state index in [-0.39, 0.29) is 18.6 Å². The van der Waals surface area contributed by atoms with Crippen LogP contribution in [0.1, 0.15) is 30.8 Å². The number of amides is 1. The fourth-order valence-electron chi connectivity index (χ4n) is 1.41. The van der Waals surface area contributed by atoms with Gasteiger partial charge in [-0.25, -0.2) is 4.98 Å². The first-order valence-electron chi connectivity index (χ1n) is 6.19. The predicted molar refractivity (Wildman–Crippen MR) is 71.7 cm³/mol. The second kappa shape index (κ2) is 6.96. The minimum Gasteiger partial charge on any atom is -0.394 e. The minimum atomic E-state index is -0.216. The van der Waals surface area contributed by atoms with Gasteiger partial charge in [-0.3, -0.25) is 4.79 Å². The van der Waals surface area contributed by atoms with E-state index in [0.717, 1.165) is 13.0 Å². The Morgan fingerprint density at radius 2 is 2.28 bits per heavy atom. The molecule has 0 aliphatic heterocycles. The number of carbonyl (C=O) groups is 1. The fourth-order valence-corrected chi connectivity index (χ4v) is 1.41. The number of nitrogens with zero attached hydrogens (tertiary/aromatic N) is 2. The second-order valence-electron chi connectivity index (χ2n) is 4.28. The van der Waals surface area contributed by atoms with E-state index in [2.05, 4.69) is 17.2 Å². The summed E-state index contributed by atoms with van der Waals surface area (Å²) in [7, 11) is 1.66. The van der Waals surface area contributed by atoms with E-state index < -0.39 is 0 Å². The number of pyridine rings is 1. The van der Waals surface area contributed by atoms with Crippen molar-refractivity contribution in [2.24, 2.45) is 0 Å². The van der Waals surface area contributed by atoms with E-state index in [1.54, 1.807) is 26.1 Å². The molecule has 1 aromatic rings. The molecule has 2 N–H and O–H groups in total. The number of likely N-dealkylation sites (N-methyl/N-ethyl adjacent to an activating group) is 1. The van der Waals surface area contributed by atoms with Crippen molar-refractivity contribution in [2.75, 3.05) is 25.5 Å². The monoisotopic (exact) mass is 251 g/mol. The van der Waals surface area contributed by atoms with E-state index in [9.17, 15) is 4.79 Å². The van der Waals surface area contributed by atoms with Crippen molar-refractivity contribution in [1.82, 2.24) is 9.88 Å². The first kappa shape index (κ1) is 14.4. The lowest BCUT2D eigenvalue weighted by Gasteiger charge is -2.22. The van der Waals surface area contributed by atoms with Crippen molar-refractivity contribution in [2.45, 2.75) is 26.3 Å². The molecule has 0 aliphatic rings. The van der Waals surface area contributed by atoms with Crippen molar-refractivity contribution in [3.8, 4) is 0 Å². The maximum atomic E-state index is 12.1. The Kier molecular flexibility index (Phi) is 5.58. The molecule has 5 heteroatoms. The second-order valence-corrected chi connectivity index (χ2v) is 4.28. The zero-order valence-corrected chi connectivity index (χ0v) is 11.2. The van der Waals surface area contributed by atoms with Crippen LogP contribution in [0.15, 0.2) is 18.2 Å². The predicted octanol–water partition coefficient (Wildman–Crippen LogP) is 1.36. The highest BCUT2D eigenvalue weighted by Crippen LogP contribution is 2.08. The normalized spacial score (nSPS) is 12.0. The standard InChI is InChI=1S/C13H21N3O2/c1-4-8-14-12-7-5-6-11(15-12)13(18)16(3)10(2)9-17/h5-7,10,17H,4,8-9H2,1-3H3,(H,14,15). The Morgan fingerprint density at radius 3 is 2.89 bits per heavy atom. The topological polar surface area (TPSA) is 65.5 Å². The molecule has 1 atom stereocenters. The number of rotatable bonds is 6. The van der Waals surface area contributed by atoms with Gasteiger partial charge in [0.15, 0.2) is 0 Å². The van der Waals surface area contributed by atoms with Crippen molar-refractivity contribution >= 4 is 11.7 Å². The van der Waals surface area contributed by atoms with Gasteiger partial charge in [-0.2, -0.15) is 0 Å². The third kappa shape index (κ3) is 3.70. The highest BCUT2D eigenvalue weighted by molar-refractivity contribution is 5.92. The van der Waals surface area contributed by atoms with Crippen molar-refractivity contribution in [1.29, 1.82) is 0 Å². The fraction of sp³-hybridized carbons (Fsp3) is 0.538. The average Bonchev–Trinajstić information content (AvgIpc) is 2.42. The number of aliphatic hydroxyl groups is 1. The molecule has 100 valence electrons. The van der Waals surface area contributed by atoms with Crippen LogP contribution in [0.5, 0.6) is 0 Å². The van der Waals surface area contributed by atoms with Gasteiger partial charge in [0.05, 0.1) is 12.6 Å². The van der Waals surface area contributed by atoms with Crippen LogP contribution >= 0.6 is 0 Å². The molecule has 0 aromatic carbocycles. The highest BCUT2D eigenvalue weighted by atomic mass is 16.3. The lowest BCUT2D eigenvalue weighted by molar-refractivity contribution is 0.0676. The molecule has 0 saturated heterocycles. The molecule has 0 fully saturated rings. The molecule has 1 aromatic heterocycles. The number of aliphatic hydroxyl groups excluding tert-OH is 1. The van der Waals surface area contributed by atoms with Crippen LogP contribution in [-0.4, -0.2) is 47.1 Å². The smallest absolute Gasteiger partial charge is 0.272 e. The van der Waals surface area contributed by atoms with Crippen LogP contribution in [-0.2, 0) is 0 Å². The summed E-state index contributed by atoms with van der Waals surface area (Å²) in [5.74, 6) is 0.518. The highest BCUT2D eigenvalue weighted by Gasteiger charge is 2.18. The molecule has 1 rings (SSSR count). The minimum absolute atomic E-state index is 0.0595. The zero-order valence-electron chi connectivity index (χ0n) is 11.2. The third-order valence-electron chi connectivity index (χ3n) is 2.77. The summed E-state index contributed by atoms with van der Waals surface area (Å²) in [6, 6.07) is 5.10. The first-order valence-corrected chi connectivity index (χ1v) is 6.19. The van der Waals surface area contributed by atoms with Gasteiger partial charge in [0, 0.05) is 13.6 Å². The van der Waals surface area contributed by atoms with Gasteiger partial charge in [-0.15, -0.1) is 0 Å². The molecule has 0 bridgehead atoms. The molecular formula is C13H21N3O2. The molecule has 0 aliphatic carbocycles. The molecule has 18 heavy (non-hydrogen) atoms. The number of carbonyl (C=O) groups excluding carboxylic acids is 1. The Bertz CT molecular complexity index is 396. The Morgan fingerprint density at radius 1 is 1.56 bits per heavy atom. The van der Waals surface area contributed by atoms with Crippen molar-refractivity contribution in [3.05, 3.63) is 23.9 Å². The van der Waals surface area contributed by atoms with E-state index >= 15 is 0 Å². The van der Waals surface area contributed by atoms with E-state index in [1.807, 2.05) is 6.07 Å². The number of hydrogen-bond acceptors (Lipinski definition) is 4. The third-order valence-corrected chi connectivity index (χ3v) is 2.77. The van der Waals surface area contributed by atoms with Crippen LogP contribution in [0.25, 0.3) is 0 Å². The maximum absolute atomic E-state index is 12.1. The summed E-state index contributed by atoms with van der Waals surface area (Å²) in [5.41, 5.74) is 0.388. The summed E-state index contributed by atoms with van der Waals surface area (Å²) in [6.07, 6.45) is 1.00. The Hall–Kier alpha value is -1.62. The molecule has 1 amide bonds. The van der Waals surface area contributed by atoms with Gasteiger partial charge in [0.25, 0.3) is 5.91 Å². The SMILES string of the molecule is CCCNc1cccc(C(=O)N(C)C(C)CO)n1. The average molecular weight is 251 g/mol. The number of nitrogens with one attached hydrogen (secondary N) is 1. The summed E-state index contributed by atoms with van der Waals surface area (Å²) in [6.45, 7) is 4.62. The number of anilines is 1. The lowest BCUT2D eigenvalue weighted by Crippen LogP contribution is -2.37. The van der Waals surface area contributed by atoms with Gasteiger partial charge >= 0.3 is 0 Å². The van der Waals surface area contributed by atoms with E-state index in [0.29, 0.717) is 11.5 Å². The largest absolute Gasteiger partial charge is 0.394 e. The molecule has 5 nitrogen and oxygen atoms in total. The summed E-state index contributed by atoms with van der Waals surface area (Å²) >= 11 is 0. The molecule has 1 unspecified atom stereocenters. The van der Waals surface area contributed by atoms with Crippen molar-refractivity contribution in [3.63, 3.8) is 0 Å². The molecule has 0 saturated carbocycles. The van der Waals surface area contributed by atoms with E-state index in [1.165, 1.54) is 4.90 Å². The summed E-state index contributed by atoms with van der Waals surface area (Å²) in [4.78, 5) is 17.9. The Balaban J connectivity index is 2.79. The first-order chi connectivity index (χ1) is 8.60. The number of hydrogen-bond donors (Lipinski definition) is 2. The van der Waals surface area contributed by atoms with Gasteiger partial charge in [0.1, 0.15) is 11.5 Å². The Labute approximate surface area is 108 Å². The van der Waals surface area contributed by atoms with Gasteiger partial charge in [0.2, 0.25) is 0 Å². The van der Waals surface area contributed by atoms with Crippen LogP contribution < -0.4 is 5.32 Å². The summed E-state index contributed by atoms with van der Waals surface area (Å²) < 4.78 is 0. The molecule has 1 heterocycles. The zero-order chi connectivity index (χ0) is 13.5. The van der Waals surface area contributed by atoms with Crippen LogP contribution in [0.4, 0.5) is 5.82 Å². The lowest BCUT2D eigenvalue weighted by atomic mass is 10.2. The quantitative estimate of drug-likeness (QED) is 0.801. The van der Waals surface area contributed by atoms with Gasteiger partial charge < -0.3 is 15.3 Å². The van der Waals surface area contributed by atoms with Crippen LogP contribution in [0.2, 0.25) is 0 Å². The molecular weight excluding hydrogens is 230 g/mol. The summed E-state index contributed by atoms with van der Waals surface area (Å²) in [5, 5.41) is 12.2. The van der Waals surface area contributed by atoms with Crippen LogP contribution in [0, 0.1) is 0 Å². The molecule has 0 spiro atoms. The molecule has 0 radical (unpaired) electrons. The van der Waals surface area contributed by atoms with Gasteiger partial charge in [-0.1, -0.05) is 13.0 Å². The van der Waals surface area contributed by atoms with Gasteiger partial charge in [-0.05, 0) is 25.5 Å². The maximum Gasteiger partial charge on any atom is 0.272 e. The van der Waals surface area contributed by atoms with Crippen molar-refractivity contribution < 1.29 is 9.90 Å². The number of aromatic nitrogens is 1. The van der Waals surface area contributed by atoms with E-state index in [4.69, 9.17) is 5.11 Å².